The van der Waals surface area contributed by atoms with Crippen LogP contribution in [0.25, 0.3) is 0 Å². The third kappa shape index (κ3) is 5.78. The minimum atomic E-state index is -0.493. The van der Waals surface area contributed by atoms with Crippen LogP contribution in [0.1, 0.15) is 30.0 Å². The largest absolute Gasteiger partial charge is 0.481 e. The Morgan fingerprint density at radius 2 is 1.74 bits per heavy atom. The first-order valence-electron chi connectivity index (χ1n) is 8.11. The average molecular weight is 311 g/mol. The lowest BCUT2D eigenvalue weighted by Gasteiger charge is -2.15. The number of amides is 1. The van der Waals surface area contributed by atoms with Gasteiger partial charge in [0.2, 0.25) is 0 Å². The lowest BCUT2D eigenvalue weighted by atomic mass is 10.1. The van der Waals surface area contributed by atoms with Crippen molar-refractivity contribution in [2.45, 2.75) is 39.7 Å². The van der Waals surface area contributed by atoms with Crippen molar-refractivity contribution in [2.75, 3.05) is 6.54 Å². The van der Waals surface area contributed by atoms with E-state index in [4.69, 9.17) is 4.74 Å². The molecule has 0 aromatic heterocycles. The van der Waals surface area contributed by atoms with Crippen molar-refractivity contribution in [3.05, 3.63) is 65.2 Å². The molecule has 3 nitrogen and oxygen atoms in total. The van der Waals surface area contributed by atoms with Crippen molar-refractivity contribution < 1.29 is 9.53 Å². The van der Waals surface area contributed by atoms with Gasteiger partial charge in [-0.1, -0.05) is 36.4 Å². The first kappa shape index (κ1) is 17.1. The molecule has 23 heavy (non-hydrogen) atoms. The summed E-state index contributed by atoms with van der Waals surface area (Å²) in [6.45, 7) is 6.49. The molecule has 0 radical (unpaired) electrons. The van der Waals surface area contributed by atoms with Crippen molar-refractivity contribution in [2.24, 2.45) is 0 Å². The van der Waals surface area contributed by atoms with Gasteiger partial charge in [-0.3, -0.25) is 4.79 Å². The number of ether oxygens (including phenoxy) is 1. The van der Waals surface area contributed by atoms with Gasteiger partial charge < -0.3 is 10.1 Å². The summed E-state index contributed by atoms with van der Waals surface area (Å²) in [5, 5.41) is 2.94. The number of hydrogen-bond donors (Lipinski definition) is 1. The number of carbonyl (C=O) groups excluding carboxylic acids is 1. The molecule has 0 fully saturated rings. The molecule has 0 saturated heterocycles. The van der Waals surface area contributed by atoms with E-state index < -0.39 is 6.10 Å². The summed E-state index contributed by atoms with van der Waals surface area (Å²) < 4.78 is 5.74. The number of hydrogen-bond acceptors (Lipinski definition) is 2. The van der Waals surface area contributed by atoms with Gasteiger partial charge in [-0.15, -0.1) is 0 Å². The van der Waals surface area contributed by atoms with Crippen molar-refractivity contribution in [3.8, 4) is 5.75 Å². The predicted octanol–water partition coefficient (Wildman–Crippen LogP) is 3.82. The summed E-state index contributed by atoms with van der Waals surface area (Å²) in [6, 6.07) is 16.3. The zero-order valence-electron chi connectivity index (χ0n) is 14.1. The van der Waals surface area contributed by atoms with Crippen molar-refractivity contribution in [1.82, 2.24) is 5.32 Å². The van der Waals surface area contributed by atoms with Crippen molar-refractivity contribution in [3.63, 3.8) is 0 Å². The van der Waals surface area contributed by atoms with Crippen molar-refractivity contribution in [1.29, 1.82) is 0 Å². The first-order valence-corrected chi connectivity index (χ1v) is 8.11. The quantitative estimate of drug-likeness (QED) is 0.789. The molecule has 0 bridgehead atoms. The highest BCUT2D eigenvalue weighted by atomic mass is 16.5. The molecule has 122 valence electrons. The lowest BCUT2D eigenvalue weighted by molar-refractivity contribution is -0.127. The van der Waals surface area contributed by atoms with Gasteiger partial charge in [0, 0.05) is 6.54 Å². The highest BCUT2D eigenvalue weighted by molar-refractivity contribution is 5.80. The Labute approximate surface area is 138 Å². The molecule has 0 unspecified atom stereocenters. The summed E-state index contributed by atoms with van der Waals surface area (Å²) in [6.07, 6.45) is 1.40. The van der Waals surface area contributed by atoms with E-state index in [1.807, 2.05) is 44.2 Å². The molecule has 0 aliphatic heterocycles. The topological polar surface area (TPSA) is 38.3 Å². The molecule has 2 rings (SSSR count). The maximum atomic E-state index is 12.1. The molecule has 1 atom stereocenters. The molecule has 1 N–H and O–H groups in total. The van der Waals surface area contributed by atoms with E-state index >= 15 is 0 Å². The molecule has 0 spiro atoms. The Hall–Kier alpha value is -2.29. The molecular formula is C20H25NO2. The highest BCUT2D eigenvalue weighted by Gasteiger charge is 2.14. The van der Waals surface area contributed by atoms with E-state index in [9.17, 15) is 4.79 Å². The normalized spacial score (nSPS) is 11.8. The predicted molar refractivity (Wildman–Crippen MR) is 93.8 cm³/mol. The van der Waals surface area contributed by atoms with Crippen LogP contribution >= 0.6 is 0 Å². The van der Waals surface area contributed by atoms with Gasteiger partial charge in [-0.25, -0.2) is 0 Å². The van der Waals surface area contributed by atoms with Crippen LogP contribution in [0.15, 0.2) is 48.5 Å². The van der Waals surface area contributed by atoms with E-state index in [0.717, 1.165) is 29.7 Å². The molecule has 0 heterocycles. The van der Waals surface area contributed by atoms with Gasteiger partial charge in [0.1, 0.15) is 5.75 Å². The molecule has 3 heteroatoms. The standard InChI is InChI=1S/C20H25NO2/c1-15-12-16(2)14-19(13-15)23-17(3)20(22)21-11-7-10-18-8-5-4-6-9-18/h4-6,8-9,12-14,17H,7,10-11H2,1-3H3,(H,21,22)/t17-/m0/s1. The number of nitrogens with one attached hydrogen (secondary N) is 1. The van der Waals surface area contributed by atoms with Gasteiger partial charge in [0.25, 0.3) is 5.91 Å². The molecule has 1 amide bonds. The smallest absolute Gasteiger partial charge is 0.260 e. The van der Waals surface area contributed by atoms with Crippen LogP contribution in [0.4, 0.5) is 0 Å². The Morgan fingerprint density at radius 1 is 1.09 bits per heavy atom. The Bertz CT molecular complexity index is 617. The first-order chi connectivity index (χ1) is 11.0. The van der Waals surface area contributed by atoms with Crippen molar-refractivity contribution >= 4 is 5.91 Å². The zero-order chi connectivity index (χ0) is 16.7. The van der Waals surface area contributed by atoms with Crippen LogP contribution in [0, 0.1) is 13.8 Å². The summed E-state index contributed by atoms with van der Waals surface area (Å²) >= 11 is 0. The van der Waals surface area contributed by atoms with Crippen LogP contribution in [-0.4, -0.2) is 18.6 Å². The van der Waals surface area contributed by atoms with Crippen LogP contribution < -0.4 is 10.1 Å². The SMILES string of the molecule is Cc1cc(C)cc(O[C@@H](C)C(=O)NCCCc2ccccc2)c1. The average Bonchev–Trinajstić information content (AvgIpc) is 2.51. The van der Waals surface area contributed by atoms with Gasteiger partial charge >= 0.3 is 0 Å². The summed E-state index contributed by atoms with van der Waals surface area (Å²) in [4.78, 5) is 12.1. The molecule has 0 aliphatic carbocycles. The Balaban J connectivity index is 1.74. The number of aryl methyl sites for hydroxylation is 3. The van der Waals surface area contributed by atoms with Gasteiger partial charge in [-0.2, -0.15) is 0 Å². The van der Waals surface area contributed by atoms with E-state index in [1.165, 1.54) is 5.56 Å². The summed E-state index contributed by atoms with van der Waals surface area (Å²) in [7, 11) is 0. The second-order valence-corrected chi connectivity index (χ2v) is 5.96. The number of rotatable bonds is 7. The molecule has 0 aliphatic rings. The fraction of sp³-hybridized carbons (Fsp3) is 0.350. The van der Waals surface area contributed by atoms with Crippen LogP contribution in [-0.2, 0) is 11.2 Å². The summed E-state index contributed by atoms with van der Waals surface area (Å²) in [5.41, 5.74) is 3.56. The maximum absolute atomic E-state index is 12.1. The van der Waals surface area contributed by atoms with E-state index in [0.29, 0.717) is 6.54 Å². The second-order valence-electron chi connectivity index (χ2n) is 5.96. The third-order valence-corrected chi connectivity index (χ3v) is 3.66. The van der Waals surface area contributed by atoms with E-state index in [2.05, 4.69) is 23.5 Å². The van der Waals surface area contributed by atoms with Gasteiger partial charge in [0.05, 0.1) is 0 Å². The Kier molecular flexibility index (Phi) is 6.21. The minimum absolute atomic E-state index is 0.0720. The highest BCUT2D eigenvalue weighted by Crippen LogP contribution is 2.17. The molecular weight excluding hydrogens is 286 g/mol. The van der Waals surface area contributed by atoms with Crippen LogP contribution in [0.2, 0.25) is 0 Å². The zero-order valence-corrected chi connectivity index (χ0v) is 14.1. The fourth-order valence-electron chi connectivity index (χ4n) is 2.55. The van der Waals surface area contributed by atoms with E-state index in [-0.39, 0.29) is 5.91 Å². The summed E-state index contributed by atoms with van der Waals surface area (Å²) in [5.74, 6) is 0.673. The molecule has 0 saturated carbocycles. The maximum Gasteiger partial charge on any atom is 0.260 e. The molecule has 2 aromatic carbocycles. The molecule has 2 aromatic rings. The van der Waals surface area contributed by atoms with E-state index in [1.54, 1.807) is 6.92 Å². The second kappa shape index (κ2) is 8.37. The minimum Gasteiger partial charge on any atom is -0.481 e. The fourth-order valence-corrected chi connectivity index (χ4v) is 2.55. The van der Waals surface area contributed by atoms with Gasteiger partial charge in [0.15, 0.2) is 6.10 Å². The lowest BCUT2D eigenvalue weighted by Crippen LogP contribution is -2.37. The van der Waals surface area contributed by atoms with Crippen LogP contribution in [0.5, 0.6) is 5.75 Å². The number of carbonyl (C=O) groups is 1. The monoisotopic (exact) mass is 311 g/mol. The third-order valence-electron chi connectivity index (χ3n) is 3.66. The van der Waals surface area contributed by atoms with Gasteiger partial charge in [-0.05, 0) is 62.4 Å². The van der Waals surface area contributed by atoms with Crippen LogP contribution in [0.3, 0.4) is 0 Å². The Morgan fingerprint density at radius 3 is 2.39 bits per heavy atom. The number of benzene rings is 2.